The van der Waals surface area contributed by atoms with Gasteiger partial charge < -0.3 is 5.32 Å². The highest BCUT2D eigenvalue weighted by Crippen LogP contribution is 2.21. The topological polar surface area (TPSA) is 29.1 Å². The predicted molar refractivity (Wildman–Crippen MR) is 82.4 cm³/mol. The first-order chi connectivity index (χ1) is 10.1. The lowest BCUT2D eigenvalue weighted by Gasteiger charge is -2.20. The molecule has 0 heterocycles. The zero-order valence-corrected chi connectivity index (χ0v) is 12.3. The Balaban J connectivity index is 2.07. The van der Waals surface area contributed by atoms with Crippen molar-refractivity contribution in [3.05, 3.63) is 71.5 Å². The molecule has 3 heteroatoms. The smallest absolute Gasteiger partial charge is 0.228 e. The average Bonchev–Trinajstić information content (AvgIpc) is 2.49. The van der Waals surface area contributed by atoms with Gasteiger partial charge in [-0.3, -0.25) is 4.79 Å². The van der Waals surface area contributed by atoms with Crippen molar-refractivity contribution in [2.75, 3.05) is 0 Å². The molecule has 0 fully saturated rings. The lowest BCUT2D eigenvalue weighted by Crippen LogP contribution is -2.31. The number of nitrogens with one attached hydrogen (secondary N) is 1. The number of rotatable bonds is 5. The molecular weight excluding hydrogens is 265 g/mol. The largest absolute Gasteiger partial charge is 0.349 e. The highest BCUT2D eigenvalue weighted by Gasteiger charge is 2.20. The zero-order valence-electron chi connectivity index (χ0n) is 12.3. The first-order valence-electron chi connectivity index (χ1n) is 7.22. The third-order valence-electron chi connectivity index (χ3n) is 3.66. The number of carbonyl (C=O) groups is 1. The molecule has 2 rings (SSSR count). The van der Waals surface area contributed by atoms with Crippen LogP contribution in [0.3, 0.4) is 0 Å². The second-order valence-corrected chi connectivity index (χ2v) is 5.15. The molecule has 0 spiro atoms. The monoisotopic (exact) mass is 285 g/mol. The van der Waals surface area contributed by atoms with Crippen molar-refractivity contribution in [2.24, 2.45) is 0 Å². The van der Waals surface area contributed by atoms with Crippen LogP contribution in [0.2, 0.25) is 0 Å². The second-order valence-electron chi connectivity index (χ2n) is 5.15. The number of hydrogen-bond acceptors (Lipinski definition) is 1. The van der Waals surface area contributed by atoms with Gasteiger partial charge in [0.1, 0.15) is 5.82 Å². The van der Waals surface area contributed by atoms with E-state index in [0.29, 0.717) is 0 Å². The summed E-state index contributed by atoms with van der Waals surface area (Å²) >= 11 is 0. The molecular formula is C18H20FNO. The summed E-state index contributed by atoms with van der Waals surface area (Å²) in [5, 5.41) is 3.00. The van der Waals surface area contributed by atoms with Gasteiger partial charge in [-0.05, 0) is 36.6 Å². The Labute approximate surface area is 125 Å². The Bertz CT molecular complexity index is 580. The minimum Gasteiger partial charge on any atom is -0.349 e. The molecule has 21 heavy (non-hydrogen) atoms. The highest BCUT2D eigenvalue weighted by molar-refractivity contribution is 5.83. The lowest BCUT2D eigenvalue weighted by atomic mass is 9.95. The molecule has 110 valence electrons. The fraction of sp³-hybridized carbons (Fsp3) is 0.278. The van der Waals surface area contributed by atoms with Gasteiger partial charge in [-0.1, -0.05) is 49.4 Å². The molecule has 0 bridgehead atoms. The van der Waals surface area contributed by atoms with E-state index in [-0.39, 0.29) is 23.7 Å². The van der Waals surface area contributed by atoms with Crippen LogP contribution in [0.1, 0.15) is 43.4 Å². The maximum Gasteiger partial charge on any atom is 0.228 e. The van der Waals surface area contributed by atoms with Gasteiger partial charge in [0.05, 0.1) is 12.0 Å². The van der Waals surface area contributed by atoms with Crippen LogP contribution in [0.4, 0.5) is 4.39 Å². The van der Waals surface area contributed by atoms with Crippen LogP contribution in [0, 0.1) is 5.82 Å². The van der Waals surface area contributed by atoms with Crippen LogP contribution in [0.15, 0.2) is 54.6 Å². The Hall–Kier alpha value is -2.16. The summed E-state index contributed by atoms with van der Waals surface area (Å²) in [5.41, 5.74) is 1.91. The van der Waals surface area contributed by atoms with E-state index in [1.54, 1.807) is 12.1 Å². The summed E-state index contributed by atoms with van der Waals surface area (Å²) in [7, 11) is 0. The van der Waals surface area contributed by atoms with Gasteiger partial charge in [0.15, 0.2) is 0 Å². The van der Waals surface area contributed by atoms with E-state index < -0.39 is 0 Å². The Morgan fingerprint density at radius 1 is 1.05 bits per heavy atom. The molecule has 0 saturated heterocycles. The number of halogens is 1. The van der Waals surface area contributed by atoms with E-state index in [2.05, 4.69) is 5.32 Å². The molecule has 0 aliphatic rings. The van der Waals surface area contributed by atoms with Crippen LogP contribution in [0.25, 0.3) is 0 Å². The van der Waals surface area contributed by atoms with Gasteiger partial charge in [0, 0.05) is 0 Å². The van der Waals surface area contributed by atoms with Crippen molar-refractivity contribution >= 4 is 5.91 Å². The van der Waals surface area contributed by atoms with Crippen LogP contribution < -0.4 is 5.32 Å². The summed E-state index contributed by atoms with van der Waals surface area (Å²) in [4.78, 5) is 12.4. The summed E-state index contributed by atoms with van der Waals surface area (Å²) in [6.45, 7) is 3.91. The SMILES string of the molecule is CCC(C(=O)NC(C)c1ccc(F)cc1)c1ccccc1. The summed E-state index contributed by atoms with van der Waals surface area (Å²) in [6, 6.07) is 15.8. The summed E-state index contributed by atoms with van der Waals surface area (Å²) in [6.07, 6.45) is 0.742. The average molecular weight is 285 g/mol. The number of carbonyl (C=O) groups excluding carboxylic acids is 1. The molecule has 2 unspecified atom stereocenters. The van der Waals surface area contributed by atoms with E-state index in [4.69, 9.17) is 0 Å². The standard InChI is InChI=1S/C18H20FNO/c1-3-17(15-7-5-4-6-8-15)18(21)20-13(2)14-9-11-16(19)12-10-14/h4-13,17H,3H2,1-2H3,(H,20,21). The van der Waals surface area contributed by atoms with Crippen molar-refractivity contribution in [3.63, 3.8) is 0 Å². The van der Waals surface area contributed by atoms with Crippen molar-refractivity contribution < 1.29 is 9.18 Å². The van der Waals surface area contributed by atoms with Gasteiger partial charge in [-0.15, -0.1) is 0 Å². The molecule has 0 aliphatic heterocycles. The minimum atomic E-state index is -0.270. The van der Waals surface area contributed by atoms with Gasteiger partial charge in [-0.2, -0.15) is 0 Å². The molecule has 1 amide bonds. The molecule has 2 aromatic carbocycles. The highest BCUT2D eigenvalue weighted by atomic mass is 19.1. The predicted octanol–water partition coefficient (Wildman–Crippen LogP) is 4.20. The van der Waals surface area contributed by atoms with Crippen LogP contribution in [-0.2, 0) is 4.79 Å². The quantitative estimate of drug-likeness (QED) is 0.876. The Kier molecular flexibility index (Phi) is 5.09. The van der Waals surface area contributed by atoms with E-state index in [1.807, 2.05) is 44.2 Å². The fourth-order valence-electron chi connectivity index (χ4n) is 2.41. The Morgan fingerprint density at radius 3 is 2.24 bits per heavy atom. The van der Waals surface area contributed by atoms with E-state index >= 15 is 0 Å². The van der Waals surface area contributed by atoms with E-state index in [1.165, 1.54) is 12.1 Å². The molecule has 0 aromatic heterocycles. The van der Waals surface area contributed by atoms with Crippen LogP contribution >= 0.6 is 0 Å². The van der Waals surface area contributed by atoms with Crippen molar-refractivity contribution in [1.29, 1.82) is 0 Å². The third-order valence-corrected chi connectivity index (χ3v) is 3.66. The van der Waals surface area contributed by atoms with Crippen LogP contribution in [-0.4, -0.2) is 5.91 Å². The molecule has 2 nitrogen and oxygen atoms in total. The number of benzene rings is 2. The van der Waals surface area contributed by atoms with Crippen LogP contribution in [0.5, 0.6) is 0 Å². The third kappa shape index (κ3) is 3.91. The molecule has 0 aliphatic carbocycles. The Morgan fingerprint density at radius 2 is 1.67 bits per heavy atom. The van der Waals surface area contributed by atoms with E-state index in [0.717, 1.165) is 17.5 Å². The molecule has 0 radical (unpaired) electrons. The van der Waals surface area contributed by atoms with Gasteiger partial charge in [-0.25, -0.2) is 4.39 Å². The molecule has 0 saturated carbocycles. The number of hydrogen-bond donors (Lipinski definition) is 1. The normalized spacial score (nSPS) is 13.5. The first kappa shape index (κ1) is 15.2. The lowest BCUT2D eigenvalue weighted by molar-refractivity contribution is -0.123. The molecule has 2 atom stereocenters. The maximum absolute atomic E-state index is 12.9. The summed E-state index contributed by atoms with van der Waals surface area (Å²) in [5.74, 6) is -0.428. The van der Waals surface area contributed by atoms with Crippen molar-refractivity contribution in [3.8, 4) is 0 Å². The molecule has 1 N–H and O–H groups in total. The fourth-order valence-corrected chi connectivity index (χ4v) is 2.41. The van der Waals surface area contributed by atoms with Gasteiger partial charge >= 0.3 is 0 Å². The summed E-state index contributed by atoms with van der Waals surface area (Å²) < 4.78 is 12.9. The van der Waals surface area contributed by atoms with Crippen molar-refractivity contribution in [1.82, 2.24) is 5.32 Å². The first-order valence-corrected chi connectivity index (χ1v) is 7.22. The maximum atomic E-state index is 12.9. The van der Waals surface area contributed by atoms with E-state index in [9.17, 15) is 9.18 Å². The second kappa shape index (κ2) is 7.02. The number of amides is 1. The van der Waals surface area contributed by atoms with Gasteiger partial charge in [0.2, 0.25) is 5.91 Å². The zero-order chi connectivity index (χ0) is 15.2. The van der Waals surface area contributed by atoms with Crippen molar-refractivity contribution in [2.45, 2.75) is 32.2 Å². The molecule has 2 aromatic rings. The minimum absolute atomic E-state index is 0.000486. The van der Waals surface area contributed by atoms with Gasteiger partial charge in [0.25, 0.3) is 0 Å².